The average molecular weight is 267 g/mol. The maximum absolute atomic E-state index is 5.49. The second kappa shape index (κ2) is 10.3. The molecule has 0 aromatic heterocycles. The summed E-state index contributed by atoms with van der Waals surface area (Å²) in [6, 6.07) is 8.32. The molecule has 0 fully saturated rings. The molecule has 0 saturated carbocycles. The Hall–Kier alpha value is -0.670. The topological polar surface area (TPSA) is 21.3 Å². The van der Waals surface area contributed by atoms with Crippen LogP contribution in [0.4, 0.5) is 0 Å². The predicted octanol–water partition coefficient (Wildman–Crippen LogP) is 3.71. The van der Waals surface area contributed by atoms with E-state index in [1.54, 1.807) is 0 Å². The minimum absolute atomic E-state index is 0.728. The molecule has 1 aromatic carbocycles. The highest BCUT2D eigenvalue weighted by Gasteiger charge is 1.96. The summed E-state index contributed by atoms with van der Waals surface area (Å²) >= 11 is 1.93. The molecule has 1 aromatic rings. The summed E-state index contributed by atoms with van der Waals surface area (Å²) in [7, 11) is 0. The molecule has 0 atom stereocenters. The summed E-state index contributed by atoms with van der Waals surface area (Å²) in [4.78, 5) is 0. The fourth-order valence-electron chi connectivity index (χ4n) is 1.82. The number of benzene rings is 1. The first-order valence-electron chi connectivity index (χ1n) is 6.78. The predicted molar refractivity (Wildman–Crippen MR) is 81.6 cm³/mol. The fourth-order valence-corrected chi connectivity index (χ4v) is 2.31. The molecule has 102 valence electrons. The molecule has 0 aliphatic heterocycles. The monoisotopic (exact) mass is 267 g/mol. The Bertz CT molecular complexity index is 317. The van der Waals surface area contributed by atoms with Crippen LogP contribution < -0.4 is 10.1 Å². The Morgan fingerprint density at radius 3 is 2.89 bits per heavy atom. The number of nitrogens with one attached hydrogen (secondary N) is 1. The summed E-state index contributed by atoms with van der Waals surface area (Å²) in [5.41, 5.74) is 1.30. The normalized spacial score (nSPS) is 10.6. The smallest absolute Gasteiger partial charge is 0.119 e. The Morgan fingerprint density at radius 1 is 1.22 bits per heavy atom. The summed E-state index contributed by atoms with van der Waals surface area (Å²) in [6.45, 7) is 4.78. The third kappa shape index (κ3) is 6.92. The molecule has 0 aliphatic carbocycles. The Morgan fingerprint density at radius 2 is 2.11 bits per heavy atom. The van der Waals surface area contributed by atoms with E-state index in [0.29, 0.717) is 0 Å². The van der Waals surface area contributed by atoms with Crippen molar-refractivity contribution in [2.45, 2.75) is 32.7 Å². The zero-order valence-electron chi connectivity index (χ0n) is 11.6. The lowest BCUT2D eigenvalue weighted by Gasteiger charge is -2.07. The van der Waals surface area contributed by atoms with Gasteiger partial charge < -0.3 is 10.1 Å². The van der Waals surface area contributed by atoms with Crippen LogP contribution in [0.2, 0.25) is 0 Å². The number of hydrogen-bond donors (Lipinski definition) is 1. The van der Waals surface area contributed by atoms with Crippen molar-refractivity contribution in [3.05, 3.63) is 29.8 Å². The van der Waals surface area contributed by atoms with Gasteiger partial charge in [0.05, 0.1) is 6.61 Å². The number of thioether (sulfide) groups is 1. The highest BCUT2D eigenvalue weighted by molar-refractivity contribution is 7.98. The molecule has 0 saturated heterocycles. The van der Waals surface area contributed by atoms with Crippen molar-refractivity contribution < 1.29 is 4.74 Å². The SMILES string of the molecule is CCOc1cccc(CNCCCCCSC)c1. The molecule has 0 bridgehead atoms. The van der Waals surface area contributed by atoms with Crippen molar-refractivity contribution >= 4 is 11.8 Å². The molecule has 0 radical (unpaired) electrons. The van der Waals surface area contributed by atoms with Crippen LogP contribution in [-0.4, -0.2) is 25.2 Å². The van der Waals surface area contributed by atoms with Crippen LogP contribution in [0.25, 0.3) is 0 Å². The first kappa shape index (κ1) is 15.4. The summed E-state index contributed by atoms with van der Waals surface area (Å²) in [5, 5.41) is 3.49. The summed E-state index contributed by atoms with van der Waals surface area (Å²) in [5.74, 6) is 2.26. The molecule has 0 heterocycles. The molecule has 2 nitrogen and oxygen atoms in total. The molecular formula is C15H25NOS. The van der Waals surface area contributed by atoms with Crippen LogP contribution in [-0.2, 0) is 6.54 Å². The molecule has 1 rings (SSSR count). The lowest BCUT2D eigenvalue weighted by atomic mass is 10.2. The molecule has 0 spiro atoms. The van der Waals surface area contributed by atoms with E-state index in [9.17, 15) is 0 Å². The molecule has 3 heteroatoms. The van der Waals surface area contributed by atoms with Crippen molar-refractivity contribution in [2.24, 2.45) is 0 Å². The standard InChI is InChI=1S/C15H25NOS/c1-3-17-15-9-7-8-14(12-15)13-16-10-5-4-6-11-18-2/h7-9,12,16H,3-6,10-11,13H2,1-2H3. The Kier molecular flexibility index (Phi) is 8.78. The molecule has 0 aliphatic rings. The van der Waals surface area contributed by atoms with Gasteiger partial charge in [0.15, 0.2) is 0 Å². The molecular weight excluding hydrogens is 242 g/mol. The zero-order valence-corrected chi connectivity index (χ0v) is 12.4. The van der Waals surface area contributed by atoms with Crippen LogP contribution in [0.1, 0.15) is 31.7 Å². The van der Waals surface area contributed by atoms with Crippen molar-refractivity contribution in [3.63, 3.8) is 0 Å². The Balaban J connectivity index is 2.13. The maximum Gasteiger partial charge on any atom is 0.119 e. The second-order valence-corrected chi connectivity index (χ2v) is 5.30. The van der Waals surface area contributed by atoms with Crippen LogP contribution in [0.15, 0.2) is 24.3 Å². The third-order valence-corrected chi connectivity index (χ3v) is 3.44. The zero-order chi connectivity index (χ0) is 13.1. The second-order valence-electron chi connectivity index (χ2n) is 4.31. The highest BCUT2D eigenvalue weighted by Crippen LogP contribution is 2.13. The van der Waals surface area contributed by atoms with E-state index in [-0.39, 0.29) is 0 Å². The van der Waals surface area contributed by atoms with Crippen LogP contribution in [0.5, 0.6) is 5.75 Å². The van der Waals surface area contributed by atoms with Gasteiger partial charge >= 0.3 is 0 Å². The summed E-state index contributed by atoms with van der Waals surface area (Å²) < 4.78 is 5.49. The molecule has 18 heavy (non-hydrogen) atoms. The fraction of sp³-hybridized carbons (Fsp3) is 0.600. The summed E-state index contributed by atoms with van der Waals surface area (Å²) in [6.07, 6.45) is 6.10. The minimum Gasteiger partial charge on any atom is -0.494 e. The largest absolute Gasteiger partial charge is 0.494 e. The van der Waals surface area contributed by atoms with E-state index in [0.717, 1.165) is 25.4 Å². The average Bonchev–Trinajstić information content (AvgIpc) is 2.39. The van der Waals surface area contributed by atoms with Crippen molar-refractivity contribution in [2.75, 3.05) is 25.2 Å². The lowest BCUT2D eigenvalue weighted by molar-refractivity contribution is 0.340. The van der Waals surface area contributed by atoms with Gasteiger partial charge in [-0.2, -0.15) is 11.8 Å². The van der Waals surface area contributed by atoms with Crippen LogP contribution in [0.3, 0.4) is 0 Å². The molecule has 0 amide bonds. The van der Waals surface area contributed by atoms with Gasteiger partial charge in [-0.25, -0.2) is 0 Å². The van der Waals surface area contributed by atoms with Gasteiger partial charge in [0.2, 0.25) is 0 Å². The van der Waals surface area contributed by atoms with Gasteiger partial charge in [-0.05, 0) is 56.0 Å². The third-order valence-electron chi connectivity index (χ3n) is 2.74. The number of hydrogen-bond acceptors (Lipinski definition) is 3. The molecule has 0 unspecified atom stereocenters. The Labute approximate surface area is 116 Å². The van der Waals surface area contributed by atoms with Crippen molar-refractivity contribution in [1.82, 2.24) is 5.32 Å². The van der Waals surface area contributed by atoms with Crippen molar-refractivity contribution in [1.29, 1.82) is 0 Å². The van der Waals surface area contributed by atoms with Gasteiger partial charge in [-0.15, -0.1) is 0 Å². The van der Waals surface area contributed by atoms with Gasteiger partial charge in [0.25, 0.3) is 0 Å². The van der Waals surface area contributed by atoms with E-state index >= 15 is 0 Å². The van der Waals surface area contributed by atoms with Crippen molar-refractivity contribution in [3.8, 4) is 5.75 Å². The van der Waals surface area contributed by atoms with Gasteiger partial charge in [0, 0.05) is 6.54 Å². The van der Waals surface area contributed by atoms with E-state index in [1.165, 1.54) is 30.6 Å². The van der Waals surface area contributed by atoms with E-state index in [4.69, 9.17) is 4.74 Å². The number of rotatable bonds is 10. The van der Waals surface area contributed by atoms with E-state index in [2.05, 4.69) is 29.8 Å². The first-order valence-corrected chi connectivity index (χ1v) is 8.17. The quantitative estimate of drug-likeness (QED) is 0.653. The maximum atomic E-state index is 5.49. The first-order chi connectivity index (χ1) is 8.86. The molecule has 1 N–H and O–H groups in total. The highest BCUT2D eigenvalue weighted by atomic mass is 32.2. The number of unbranched alkanes of at least 4 members (excludes halogenated alkanes) is 2. The van der Waals surface area contributed by atoms with Crippen LogP contribution in [0, 0.1) is 0 Å². The number of ether oxygens (including phenoxy) is 1. The minimum atomic E-state index is 0.728. The van der Waals surface area contributed by atoms with E-state index in [1.807, 2.05) is 24.8 Å². The van der Waals surface area contributed by atoms with Gasteiger partial charge in [-0.1, -0.05) is 18.6 Å². The van der Waals surface area contributed by atoms with E-state index < -0.39 is 0 Å². The van der Waals surface area contributed by atoms with Gasteiger partial charge in [0.1, 0.15) is 5.75 Å². The van der Waals surface area contributed by atoms with Crippen LogP contribution >= 0.6 is 11.8 Å². The van der Waals surface area contributed by atoms with Gasteiger partial charge in [-0.3, -0.25) is 0 Å². The lowest BCUT2D eigenvalue weighted by Crippen LogP contribution is -2.14.